The molecule has 5 rings (SSSR count). The van der Waals surface area contributed by atoms with Crippen molar-refractivity contribution in [1.29, 1.82) is 5.26 Å². The number of fused-ring (bicyclic) bond motifs is 1. The molecular weight excluding hydrogens is 474 g/mol. The van der Waals surface area contributed by atoms with E-state index in [9.17, 15) is 10.1 Å². The highest BCUT2D eigenvalue weighted by Crippen LogP contribution is 2.35. The molecule has 9 nitrogen and oxygen atoms in total. The van der Waals surface area contributed by atoms with Crippen molar-refractivity contribution < 1.29 is 9.53 Å². The Kier molecular flexibility index (Phi) is 7.00. The van der Waals surface area contributed by atoms with Crippen molar-refractivity contribution in [2.75, 3.05) is 18.2 Å². The number of nitrogens with zero attached hydrogens (tertiary/aromatic N) is 6. The van der Waals surface area contributed by atoms with Gasteiger partial charge >= 0.3 is 0 Å². The van der Waals surface area contributed by atoms with Gasteiger partial charge in [0.2, 0.25) is 11.1 Å². The van der Waals surface area contributed by atoms with Crippen molar-refractivity contribution in [2.24, 2.45) is 0 Å². The summed E-state index contributed by atoms with van der Waals surface area (Å²) in [4.78, 5) is 13.1. The summed E-state index contributed by atoms with van der Waals surface area (Å²) in [7, 11) is 1.63. The SMILES string of the molecule is COc1ccc(Cn2nnnc2SCC(=O)Nc2c(C#N)c3c(n2-c2ccccc2)CCCC3)cc1. The van der Waals surface area contributed by atoms with Crippen LogP contribution in [-0.4, -0.2) is 43.5 Å². The third-order valence-corrected chi connectivity index (χ3v) is 7.13. The van der Waals surface area contributed by atoms with Crippen LogP contribution in [0.5, 0.6) is 5.75 Å². The number of carbonyl (C=O) groups excluding carboxylic acids is 1. The summed E-state index contributed by atoms with van der Waals surface area (Å²) in [6, 6.07) is 19.9. The minimum Gasteiger partial charge on any atom is -0.497 e. The molecule has 0 saturated carbocycles. The van der Waals surface area contributed by atoms with Gasteiger partial charge in [0.25, 0.3) is 0 Å². The molecule has 0 radical (unpaired) electrons. The van der Waals surface area contributed by atoms with Gasteiger partial charge in [0, 0.05) is 11.4 Å². The molecular formula is C26H25N7O2S. The van der Waals surface area contributed by atoms with E-state index >= 15 is 0 Å². The normalized spacial score (nSPS) is 12.6. The number of hydrogen-bond acceptors (Lipinski definition) is 7. The number of thioether (sulfide) groups is 1. The molecule has 2 aromatic heterocycles. The lowest BCUT2D eigenvalue weighted by Gasteiger charge is -2.17. The average Bonchev–Trinajstić information content (AvgIpc) is 3.49. The standard InChI is InChI=1S/C26H25N7O2S/c1-35-20-13-11-18(12-14-20)16-32-26(29-30-31-32)36-17-24(34)28-25-22(15-27)21-9-5-6-10-23(21)33(25)19-7-3-2-4-8-19/h2-4,7-8,11-14H,5-6,9-10,16-17H2,1H3,(H,28,34). The van der Waals surface area contributed by atoms with Crippen molar-refractivity contribution in [3.8, 4) is 17.5 Å². The van der Waals surface area contributed by atoms with E-state index in [0.29, 0.717) is 23.1 Å². The smallest absolute Gasteiger partial charge is 0.236 e. The zero-order chi connectivity index (χ0) is 24.9. The first-order chi connectivity index (χ1) is 17.7. The molecule has 36 heavy (non-hydrogen) atoms. The molecule has 10 heteroatoms. The highest BCUT2D eigenvalue weighted by Gasteiger charge is 2.26. The van der Waals surface area contributed by atoms with Crippen molar-refractivity contribution >= 4 is 23.5 Å². The van der Waals surface area contributed by atoms with E-state index in [1.807, 2.05) is 59.2 Å². The Morgan fingerprint density at radius 1 is 1.14 bits per heavy atom. The number of carbonyl (C=O) groups is 1. The molecule has 0 spiro atoms. The molecule has 1 aliphatic carbocycles. The van der Waals surface area contributed by atoms with E-state index in [2.05, 4.69) is 26.9 Å². The molecule has 4 aromatic rings. The predicted molar refractivity (Wildman–Crippen MR) is 136 cm³/mol. The summed E-state index contributed by atoms with van der Waals surface area (Å²) in [5.41, 5.74) is 4.65. The van der Waals surface area contributed by atoms with Gasteiger partial charge in [-0.2, -0.15) is 5.26 Å². The highest BCUT2D eigenvalue weighted by atomic mass is 32.2. The molecule has 1 amide bonds. The Bertz CT molecular complexity index is 1400. The van der Waals surface area contributed by atoms with Gasteiger partial charge in [-0.05, 0) is 71.5 Å². The zero-order valence-electron chi connectivity index (χ0n) is 19.8. The summed E-state index contributed by atoms with van der Waals surface area (Å²) >= 11 is 1.26. The fourth-order valence-corrected chi connectivity index (χ4v) is 5.17. The molecule has 0 unspecified atom stereocenters. The monoisotopic (exact) mass is 499 g/mol. The first-order valence-electron chi connectivity index (χ1n) is 11.7. The van der Waals surface area contributed by atoms with Gasteiger partial charge in [-0.1, -0.05) is 42.1 Å². The van der Waals surface area contributed by atoms with Crippen molar-refractivity contribution in [3.63, 3.8) is 0 Å². The van der Waals surface area contributed by atoms with Gasteiger partial charge < -0.3 is 10.1 Å². The number of para-hydroxylation sites is 1. The van der Waals surface area contributed by atoms with Gasteiger partial charge in [0.05, 0.1) is 25.0 Å². The van der Waals surface area contributed by atoms with E-state index in [1.165, 1.54) is 11.8 Å². The fraction of sp³-hybridized carbons (Fsp3) is 0.269. The number of anilines is 1. The maximum atomic E-state index is 13.1. The van der Waals surface area contributed by atoms with Gasteiger partial charge in [-0.3, -0.25) is 9.36 Å². The largest absolute Gasteiger partial charge is 0.497 e. The minimum atomic E-state index is -0.220. The van der Waals surface area contributed by atoms with E-state index in [1.54, 1.807) is 11.8 Å². The number of methoxy groups -OCH3 is 1. The van der Waals surface area contributed by atoms with Crippen LogP contribution in [0.2, 0.25) is 0 Å². The topological polar surface area (TPSA) is 111 Å². The number of ether oxygens (including phenoxy) is 1. The van der Waals surface area contributed by atoms with Crippen molar-refractivity contribution in [2.45, 2.75) is 37.4 Å². The van der Waals surface area contributed by atoms with Crippen LogP contribution < -0.4 is 10.1 Å². The van der Waals surface area contributed by atoms with Crippen LogP contribution in [0.15, 0.2) is 59.8 Å². The summed E-state index contributed by atoms with van der Waals surface area (Å²) < 4.78 is 8.89. The molecule has 1 N–H and O–H groups in total. The molecule has 0 atom stereocenters. The molecule has 2 heterocycles. The molecule has 0 bridgehead atoms. The molecule has 182 valence electrons. The maximum Gasteiger partial charge on any atom is 0.236 e. The third-order valence-electron chi connectivity index (χ3n) is 6.18. The quantitative estimate of drug-likeness (QED) is 0.365. The molecule has 0 aliphatic heterocycles. The van der Waals surface area contributed by atoms with Crippen LogP contribution in [0.4, 0.5) is 5.82 Å². The van der Waals surface area contributed by atoms with Crippen LogP contribution >= 0.6 is 11.8 Å². The lowest BCUT2D eigenvalue weighted by molar-refractivity contribution is -0.113. The van der Waals surface area contributed by atoms with Crippen molar-refractivity contribution in [3.05, 3.63) is 77.0 Å². The zero-order valence-corrected chi connectivity index (χ0v) is 20.7. The second kappa shape index (κ2) is 10.7. The first kappa shape index (κ1) is 23.6. The lowest BCUT2D eigenvalue weighted by Crippen LogP contribution is -2.18. The Morgan fingerprint density at radius 2 is 1.92 bits per heavy atom. The second-order valence-electron chi connectivity index (χ2n) is 8.44. The average molecular weight is 500 g/mol. The fourth-order valence-electron chi connectivity index (χ4n) is 4.50. The number of aromatic nitrogens is 5. The number of nitrogens with one attached hydrogen (secondary N) is 1. The third kappa shape index (κ3) is 4.83. The van der Waals surface area contributed by atoms with Gasteiger partial charge in [-0.25, -0.2) is 4.68 Å². The van der Waals surface area contributed by atoms with Gasteiger partial charge in [0.1, 0.15) is 17.6 Å². The Morgan fingerprint density at radius 3 is 2.67 bits per heavy atom. The number of hydrogen-bond donors (Lipinski definition) is 1. The van der Waals surface area contributed by atoms with Crippen molar-refractivity contribution in [1.82, 2.24) is 24.8 Å². The Hall–Kier alpha value is -4.10. The summed E-state index contributed by atoms with van der Waals surface area (Å²) in [6.45, 7) is 0.475. The van der Waals surface area contributed by atoms with Crippen LogP contribution in [0.25, 0.3) is 5.69 Å². The molecule has 0 saturated heterocycles. The lowest BCUT2D eigenvalue weighted by atomic mass is 9.95. The second-order valence-corrected chi connectivity index (χ2v) is 9.39. The van der Waals surface area contributed by atoms with Crippen LogP contribution in [0.3, 0.4) is 0 Å². The Labute approximate surface area is 213 Å². The first-order valence-corrected chi connectivity index (χ1v) is 12.7. The van der Waals surface area contributed by atoms with Crippen LogP contribution in [0.1, 0.15) is 35.2 Å². The number of amides is 1. The van der Waals surface area contributed by atoms with Gasteiger partial charge in [-0.15, -0.1) is 5.10 Å². The van der Waals surface area contributed by atoms with Crippen LogP contribution in [-0.2, 0) is 24.2 Å². The van der Waals surface area contributed by atoms with E-state index in [0.717, 1.165) is 53.9 Å². The molecule has 1 aliphatic rings. The predicted octanol–water partition coefficient (Wildman–Crippen LogP) is 4.00. The van der Waals surface area contributed by atoms with Gasteiger partial charge in [0.15, 0.2) is 0 Å². The highest BCUT2D eigenvalue weighted by molar-refractivity contribution is 7.99. The van der Waals surface area contributed by atoms with E-state index < -0.39 is 0 Å². The maximum absolute atomic E-state index is 13.1. The minimum absolute atomic E-state index is 0.110. The summed E-state index contributed by atoms with van der Waals surface area (Å²) in [6.07, 6.45) is 3.83. The van der Waals surface area contributed by atoms with E-state index in [-0.39, 0.29) is 11.7 Å². The summed E-state index contributed by atoms with van der Waals surface area (Å²) in [5, 5.41) is 25.5. The Balaban J connectivity index is 1.33. The van der Waals surface area contributed by atoms with Crippen LogP contribution in [0, 0.1) is 11.3 Å². The molecule has 2 aromatic carbocycles. The number of rotatable bonds is 8. The molecule has 0 fully saturated rings. The number of nitriles is 1. The number of benzene rings is 2. The number of tetrazole rings is 1. The summed E-state index contributed by atoms with van der Waals surface area (Å²) in [5.74, 6) is 1.21. The van der Waals surface area contributed by atoms with E-state index in [4.69, 9.17) is 4.74 Å².